The second-order valence-corrected chi connectivity index (χ2v) is 7.63. The Kier molecular flexibility index (Phi) is 4.91. The molecule has 6 heteroatoms. The Hall–Kier alpha value is -2.70. The number of rotatable bonds is 5. The quantitative estimate of drug-likeness (QED) is 0.714. The number of ether oxygens (including phenoxy) is 1. The lowest BCUT2D eigenvalue weighted by Crippen LogP contribution is -2.25. The van der Waals surface area contributed by atoms with E-state index in [9.17, 15) is 5.11 Å². The van der Waals surface area contributed by atoms with Crippen LogP contribution in [-0.4, -0.2) is 38.4 Å². The molecule has 0 saturated heterocycles. The fraction of sp³-hybridized carbons (Fsp3) is 0.364. The van der Waals surface area contributed by atoms with Gasteiger partial charge in [0.25, 0.3) is 0 Å². The number of imidazole rings is 1. The molecule has 1 atom stereocenters. The SMILES string of the molecule is Cc1cn2cc(C3=Cc4ccc(CCNC(C)C)cc4OC3O)nc2c(C)n1. The molecule has 3 aromatic rings. The number of fused-ring (bicyclic) bond motifs is 2. The lowest BCUT2D eigenvalue weighted by atomic mass is 10.0. The van der Waals surface area contributed by atoms with E-state index in [4.69, 9.17) is 4.74 Å². The van der Waals surface area contributed by atoms with Crippen molar-refractivity contribution < 1.29 is 9.84 Å². The molecule has 6 nitrogen and oxygen atoms in total. The van der Waals surface area contributed by atoms with Crippen LogP contribution < -0.4 is 10.1 Å². The van der Waals surface area contributed by atoms with Crippen molar-refractivity contribution in [3.63, 3.8) is 0 Å². The van der Waals surface area contributed by atoms with Crippen LogP contribution in [0.2, 0.25) is 0 Å². The first-order valence-corrected chi connectivity index (χ1v) is 9.66. The van der Waals surface area contributed by atoms with Gasteiger partial charge in [0.1, 0.15) is 5.75 Å². The third-order valence-electron chi connectivity index (χ3n) is 4.88. The number of nitrogens with one attached hydrogen (secondary N) is 1. The zero-order chi connectivity index (χ0) is 19.8. The molecule has 0 saturated carbocycles. The summed E-state index contributed by atoms with van der Waals surface area (Å²) in [6.07, 6.45) is 5.67. The molecule has 3 heterocycles. The Morgan fingerprint density at radius 3 is 2.82 bits per heavy atom. The van der Waals surface area contributed by atoms with Crippen LogP contribution in [0, 0.1) is 13.8 Å². The van der Waals surface area contributed by atoms with Gasteiger partial charge in [-0.1, -0.05) is 26.0 Å². The number of aryl methyl sites for hydroxylation is 2. The molecule has 0 radical (unpaired) electrons. The van der Waals surface area contributed by atoms with Gasteiger partial charge >= 0.3 is 0 Å². The number of aromatic nitrogens is 3. The summed E-state index contributed by atoms with van der Waals surface area (Å²) in [4.78, 5) is 9.12. The van der Waals surface area contributed by atoms with Crippen LogP contribution in [0.1, 0.15) is 42.1 Å². The zero-order valence-corrected chi connectivity index (χ0v) is 16.7. The Morgan fingerprint density at radius 2 is 2.04 bits per heavy atom. The van der Waals surface area contributed by atoms with Crippen LogP contribution in [0.4, 0.5) is 0 Å². The summed E-state index contributed by atoms with van der Waals surface area (Å²) in [6.45, 7) is 9.07. The molecule has 0 bridgehead atoms. The van der Waals surface area contributed by atoms with Crippen LogP contribution in [0.3, 0.4) is 0 Å². The highest BCUT2D eigenvalue weighted by Gasteiger charge is 2.24. The van der Waals surface area contributed by atoms with Gasteiger partial charge in [-0.15, -0.1) is 0 Å². The highest BCUT2D eigenvalue weighted by molar-refractivity contribution is 5.86. The van der Waals surface area contributed by atoms with Crippen molar-refractivity contribution in [3.8, 4) is 5.75 Å². The van der Waals surface area contributed by atoms with Crippen molar-refractivity contribution in [2.75, 3.05) is 6.54 Å². The maximum Gasteiger partial charge on any atom is 0.226 e. The molecule has 0 spiro atoms. The van der Waals surface area contributed by atoms with Gasteiger partial charge in [0.2, 0.25) is 6.29 Å². The summed E-state index contributed by atoms with van der Waals surface area (Å²) < 4.78 is 7.76. The molecule has 2 N–H and O–H groups in total. The summed E-state index contributed by atoms with van der Waals surface area (Å²) in [5.74, 6) is 0.704. The van der Waals surface area contributed by atoms with Gasteiger partial charge in [-0.05, 0) is 44.5 Å². The molecule has 2 aromatic heterocycles. The van der Waals surface area contributed by atoms with Gasteiger partial charge in [-0.2, -0.15) is 0 Å². The normalized spacial score (nSPS) is 16.2. The maximum atomic E-state index is 10.6. The number of nitrogens with zero attached hydrogens (tertiary/aromatic N) is 3. The highest BCUT2D eigenvalue weighted by atomic mass is 16.6. The fourth-order valence-electron chi connectivity index (χ4n) is 3.53. The minimum atomic E-state index is -1.05. The van der Waals surface area contributed by atoms with Crippen LogP contribution in [-0.2, 0) is 6.42 Å². The molecular weight excluding hydrogens is 352 g/mol. The molecule has 0 amide bonds. The molecule has 0 fully saturated rings. The first-order valence-electron chi connectivity index (χ1n) is 9.66. The van der Waals surface area contributed by atoms with E-state index < -0.39 is 6.29 Å². The Morgan fingerprint density at radius 1 is 1.21 bits per heavy atom. The Labute approximate surface area is 164 Å². The molecular formula is C22H26N4O2. The lowest BCUT2D eigenvalue weighted by molar-refractivity contribution is 0.0317. The third kappa shape index (κ3) is 3.66. The second-order valence-electron chi connectivity index (χ2n) is 7.63. The molecule has 1 aliphatic rings. The summed E-state index contributed by atoms with van der Waals surface area (Å²) in [6, 6.07) is 6.62. The van der Waals surface area contributed by atoms with Gasteiger partial charge < -0.3 is 19.6 Å². The molecule has 1 aliphatic heterocycles. The van der Waals surface area contributed by atoms with Crippen molar-refractivity contribution in [2.45, 2.75) is 46.4 Å². The van der Waals surface area contributed by atoms with Crippen LogP contribution >= 0.6 is 0 Å². The summed E-state index contributed by atoms with van der Waals surface area (Å²) in [5, 5.41) is 14.0. The molecule has 28 heavy (non-hydrogen) atoms. The van der Waals surface area contributed by atoms with Crippen molar-refractivity contribution in [1.29, 1.82) is 0 Å². The van der Waals surface area contributed by atoms with Crippen LogP contribution in [0.25, 0.3) is 17.3 Å². The first-order chi connectivity index (χ1) is 13.4. The minimum Gasteiger partial charge on any atom is -0.460 e. The third-order valence-corrected chi connectivity index (χ3v) is 4.88. The number of hydrogen-bond acceptors (Lipinski definition) is 5. The maximum absolute atomic E-state index is 10.6. The van der Waals surface area contributed by atoms with E-state index in [-0.39, 0.29) is 0 Å². The van der Waals surface area contributed by atoms with Crippen molar-refractivity contribution in [2.24, 2.45) is 0 Å². The smallest absolute Gasteiger partial charge is 0.226 e. The van der Waals surface area contributed by atoms with E-state index in [0.29, 0.717) is 23.1 Å². The Balaban J connectivity index is 1.64. The van der Waals surface area contributed by atoms with Crippen LogP contribution in [0.15, 0.2) is 30.6 Å². The van der Waals surface area contributed by atoms with E-state index in [2.05, 4.69) is 35.2 Å². The van der Waals surface area contributed by atoms with Gasteiger partial charge in [0.15, 0.2) is 5.65 Å². The molecule has 146 valence electrons. The topological polar surface area (TPSA) is 71.7 Å². The average molecular weight is 378 g/mol. The number of hydrogen-bond donors (Lipinski definition) is 2. The number of aliphatic hydroxyl groups excluding tert-OH is 1. The largest absolute Gasteiger partial charge is 0.460 e. The van der Waals surface area contributed by atoms with E-state index in [1.165, 1.54) is 5.56 Å². The monoisotopic (exact) mass is 378 g/mol. The minimum absolute atomic E-state index is 0.467. The summed E-state index contributed by atoms with van der Waals surface area (Å²) in [7, 11) is 0. The predicted molar refractivity (Wildman–Crippen MR) is 110 cm³/mol. The lowest BCUT2D eigenvalue weighted by Gasteiger charge is -2.23. The van der Waals surface area contributed by atoms with Gasteiger partial charge in [-0.25, -0.2) is 4.98 Å². The first kappa shape index (κ1) is 18.7. The van der Waals surface area contributed by atoms with E-state index in [1.807, 2.05) is 48.9 Å². The van der Waals surface area contributed by atoms with E-state index >= 15 is 0 Å². The molecule has 1 unspecified atom stereocenters. The predicted octanol–water partition coefficient (Wildman–Crippen LogP) is 3.14. The van der Waals surface area contributed by atoms with Crippen molar-refractivity contribution in [1.82, 2.24) is 19.7 Å². The fourth-order valence-corrected chi connectivity index (χ4v) is 3.53. The standard InChI is InChI=1S/C22H26N4O2/c1-13(2)23-8-7-16-5-6-17-10-18(22(27)28-20(17)9-16)19-12-26-11-14(3)24-15(4)21(26)25-19/h5-6,9-13,22-23,27H,7-8H2,1-4H3. The van der Waals surface area contributed by atoms with Crippen molar-refractivity contribution >= 4 is 17.3 Å². The van der Waals surface area contributed by atoms with Crippen molar-refractivity contribution in [3.05, 3.63) is 58.8 Å². The summed E-state index contributed by atoms with van der Waals surface area (Å²) >= 11 is 0. The van der Waals surface area contributed by atoms with E-state index in [0.717, 1.165) is 35.6 Å². The zero-order valence-electron chi connectivity index (χ0n) is 16.7. The highest BCUT2D eigenvalue weighted by Crippen LogP contribution is 2.34. The molecule has 4 rings (SSSR count). The molecule has 1 aromatic carbocycles. The number of benzene rings is 1. The Bertz CT molecular complexity index is 1050. The average Bonchev–Trinajstić information content (AvgIpc) is 3.04. The van der Waals surface area contributed by atoms with E-state index in [1.54, 1.807) is 0 Å². The van der Waals surface area contributed by atoms with Gasteiger partial charge in [0, 0.05) is 29.6 Å². The molecule has 0 aliphatic carbocycles. The van der Waals surface area contributed by atoms with Crippen LogP contribution in [0.5, 0.6) is 5.75 Å². The second kappa shape index (κ2) is 7.37. The van der Waals surface area contributed by atoms with Gasteiger partial charge in [0.05, 0.1) is 17.1 Å². The van der Waals surface area contributed by atoms with Gasteiger partial charge in [-0.3, -0.25) is 4.98 Å². The number of aliphatic hydroxyl groups is 1. The summed E-state index contributed by atoms with van der Waals surface area (Å²) in [5.41, 5.74) is 6.05.